The minimum atomic E-state index is -0.946. The Balaban J connectivity index is 1.27. The Labute approximate surface area is 208 Å². The van der Waals surface area contributed by atoms with Crippen molar-refractivity contribution in [1.29, 1.82) is 0 Å². The number of likely N-dealkylation sites (tertiary alicyclic amines) is 1. The number of hydrogen-bond acceptors (Lipinski definition) is 6. The summed E-state index contributed by atoms with van der Waals surface area (Å²) in [5.41, 5.74) is 4.06. The molecule has 9 heteroatoms. The lowest BCUT2D eigenvalue weighted by Gasteiger charge is -2.39. The lowest BCUT2D eigenvalue weighted by molar-refractivity contribution is -0.0800. The van der Waals surface area contributed by atoms with E-state index in [0.29, 0.717) is 36.6 Å². The second-order valence-corrected chi connectivity index (χ2v) is 9.25. The van der Waals surface area contributed by atoms with Gasteiger partial charge in [-0.3, -0.25) is 14.7 Å². The molecule has 5 rings (SSSR count). The zero-order chi connectivity index (χ0) is 25.3. The Morgan fingerprint density at radius 3 is 2.61 bits per heavy atom. The van der Waals surface area contributed by atoms with Crippen molar-refractivity contribution >= 4 is 5.71 Å². The Morgan fingerprint density at radius 1 is 1.14 bits per heavy atom. The highest BCUT2D eigenvalue weighted by Gasteiger charge is 2.43. The number of oxime groups is 1. The van der Waals surface area contributed by atoms with Crippen molar-refractivity contribution in [3.8, 4) is 0 Å². The van der Waals surface area contributed by atoms with Gasteiger partial charge in [0.15, 0.2) is 11.6 Å². The van der Waals surface area contributed by atoms with Crippen LogP contribution in [0.15, 0.2) is 58.7 Å². The molecule has 2 aromatic heterocycles. The van der Waals surface area contributed by atoms with E-state index in [1.54, 1.807) is 30.8 Å². The van der Waals surface area contributed by atoms with E-state index in [4.69, 9.17) is 9.57 Å². The maximum Gasteiger partial charge on any atom is 0.250 e. The molecule has 1 saturated heterocycles. The number of rotatable bonds is 6. The van der Waals surface area contributed by atoms with E-state index in [9.17, 15) is 13.6 Å². The standard InChI is InChI=1S/C27H28F2N4O3/c1-3-36-31-26(18-5-7-23(28)24(29)12-18)19-4-6-21(30-14-19)16-33-10-8-27(9-11-33)22-13-25(34)32(2)15-20(22)17-35-27/h4-7,12-15H,3,8-11,16-17H2,1-2H3/b31-26+. The van der Waals surface area contributed by atoms with Gasteiger partial charge in [-0.05, 0) is 55.7 Å². The predicted molar refractivity (Wildman–Crippen MR) is 131 cm³/mol. The first-order chi connectivity index (χ1) is 17.4. The van der Waals surface area contributed by atoms with Gasteiger partial charge in [0.25, 0.3) is 5.56 Å². The number of hydrogen-bond donors (Lipinski definition) is 0. The van der Waals surface area contributed by atoms with Gasteiger partial charge in [0.1, 0.15) is 12.3 Å². The number of halogens is 2. The van der Waals surface area contributed by atoms with E-state index < -0.39 is 11.6 Å². The van der Waals surface area contributed by atoms with Crippen LogP contribution in [0.25, 0.3) is 0 Å². The van der Waals surface area contributed by atoms with Gasteiger partial charge < -0.3 is 14.1 Å². The quantitative estimate of drug-likeness (QED) is 0.385. The molecule has 0 atom stereocenters. The molecule has 1 spiro atoms. The number of ether oxygens (including phenoxy) is 1. The molecule has 7 nitrogen and oxygen atoms in total. The summed E-state index contributed by atoms with van der Waals surface area (Å²) in [6.07, 6.45) is 5.18. The molecule has 188 valence electrons. The van der Waals surface area contributed by atoms with E-state index in [1.807, 2.05) is 18.3 Å². The number of pyridine rings is 2. The van der Waals surface area contributed by atoms with Gasteiger partial charge >= 0.3 is 0 Å². The van der Waals surface area contributed by atoms with Crippen LogP contribution in [-0.2, 0) is 35.4 Å². The second kappa shape index (κ2) is 9.91. The number of piperidine rings is 1. The van der Waals surface area contributed by atoms with Gasteiger partial charge in [0, 0.05) is 61.8 Å². The van der Waals surface area contributed by atoms with Crippen LogP contribution in [0.1, 0.15) is 47.7 Å². The number of nitrogens with zero attached hydrogens (tertiary/aromatic N) is 4. The first-order valence-electron chi connectivity index (χ1n) is 12.1. The van der Waals surface area contributed by atoms with Crippen LogP contribution < -0.4 is 5.56 Å². The molecule has 0 unspecified atom stereocenters. The maximum atomic E-state index is 13.8. The molecule has 3 aromatic rings. The predicted octanol–water partition coefficient (Wildman–Crippen LogP) is 3.87. The third-order valence-corrected chi connectivity index (χ3v) is 6.93. The smallest absolute Gasteiger partial charge is 0.250 e. The summed E-state index contributed by atoms with van der Waals surface area (Å²) in [5.74, 6) is -1.86. The van der Waals surface area contributed by atoms with E-state index in [-0.39, 0.29) is 11.2 Å². The molecule has 0 N–H and O–H groups in total. The maximum absolute atomic E-state index is 13.8. The fourth-order valence-electron chi connectivity index (χ4n) is 4.94. The number of benzene rings is 1. The average molecular weight is 495 g/mol. The molecular weight excluding hydrogens is 466 g/mol. The van der Waals surface area contributed by atoms with Crippen LogP contribution in [0.2, 0.25) is 0 Å². The molecule has 0 radical (unpaired) electrons. The van der Waals surface area contributed by atoms with Crippen molar-refractivity contribution in [3.63, 3.8) is 0 Å². The summed E-state index contributed by atoms with van der Waals surface area (Å²) < 4.78 is 35.0. The third-order valence-electron chi connectivity index (χ3n) is 6.93. The summed E-state index contributed by atoms with van der Waals surface area (Å²) in [5, 5.41) is 4.11. The zero-order valence-corrected chi connectivity index (χ0v) is 20.3. The molecule has 1 fully saturated rings. The fraction of sp³-hybridized carbons (Fsp3) is 0.370. The second-order valence-electron chi connectivity index (χ2n) is 9.25. The van der Waals surface area contributed by atoms with Crippen molar-refractivity contribution in [2.24, 2.45) is 12.2 Å². The first-order valence-corrected chi connectivity index (χ1v) is 12.1. The van der Waals surface area contributed by atoms with Gasteiger partial charge in [-0.15, -0.1) is 0 Å². The highest BCUT2D eigenvalue weighted by Crippen LogP contribution is 2.43. The number of aromatic nitrogens is 2. The molecule has 1 aromatic carbocycles. The SMILES string of the molecule is CCO/N=C(/c1ccc(CN2CCC3(CC2)OCc2cn(C)c(=O)cc23)nc1)c1ccc(F)c(F)c1. The van der Waals surface area contributed by atoms with Crippen molar-refractivity contribution in [1.82, 2.24) is 14.5 Å². The van der Waals surface area contributed by atoms with Crippen LogP contribution in [-0.4, -0.2) is 39.9 Å². The van der Waals surface area contributed by atoms with Crippen LogP contribution >= 0.6 is 0 Å². The third kappa shape index (κ3) is 4.68. The lowest BCUT2D eigenvalue weighted by atomic mass is 9.84. The highest BCUT2D eigenvalue weighted by molar-refractivity contribution is 6.12. The summed E-state index contributed by atoms with van der Waals surface area (Å²) in [6, 6.07) is 9.13. The van der Waals surface area contributed by atoms with Gasteiger partial charge in [-0.25, -0.2) is 8.78 Å². The van der Waals surface area contributed by atoms with Gasteiger partial charge in [-0.2, -0.15) is 0 Å². The number of fused-ring (bicyclic) bond motifs is 2. The Kier molecular flexibility index (Phi) is 6.68. The summed E-state index contributed by atoms with van der Waals surface area (Å²) in [7, 11) is 1.76. The molecule has 0 bridgehead atoms. The molecular formula is C27H28F2N4O3. The highest BCUT2D eigenvalue weighted by atomic mass is 19.2. The lowest BCUT2D eigenvalue weighted by Crippen LogP contribution is -2.42. The fourth-order valence-corrected chi connectivity index (χ4v) is 4.94. The first kappa shape index (κ1) is 24.3. The largest absolute Gasteiger partial charge is 0.396 e. The monoisotopic (exact) mass is 494 g/mol. The molecule has 2 aliphatic heterocycles. The van der Waals surface area contributed by atoms with Crippen molar-refractivity contribution < 1.29 is 18.4 Å². The van der Waals surface area contributed by atoms with E-state index in [1.165, 1.54) is 6.07 Å². The van der Waals surface area contributed by atoms with Gasteiger partial charge in [-0.1, -0.05) is 5.16 Å². The van der Waals surface area contributed by atoms with E-state index >= 15 is 0 Å². The number of aryl methyl sites for hydroxylation is 1. The summed E-state index contributed by atoms with van der Waals surface area (Å²) >= 11 is 0. The zero-order valence-electron chi connectivity index (χ0n) is 20.3. The average Bonchev–Trinajstić information content (AvgIpc) is 3.20. The normalized spacial score (nSPS) is 17.4. The topological polar surface area (TPSA) is 69.0 Å². The van der Waals surface area contributed by atoms with Crippen LogP contribution in [0.3, 0.4) is 0 Å². The van der Waals surface area contributed by atoms with Crippen LogP contribution in [0, 0.1) is 11.6 Å². The summed E-state index contributed by atoms with van der Waals surface area (Å²) in [6.45, 7) is 5.00. The minimum absolute atomic E-state index is 0.0130. The van der Waals surface area contributed by atoms with Crippen LogP contribution in [0.4, 0.5) is 8.78 Å². The Morgan fingerprint density at radius 2 is 1.92 bits per heavy atom. The van der Waals surface area contributed by atoms with Gasteiger partial charge in [0.2, 0.25) is 0 Å². The Hall–Kier alpha value is -3.43. The van der Waals surface area contributed by atoms with Crippen molar-refractivity contribution in [2.75, 3.05) is 19.7 Å². The van der Waals surface area contributed by atoms with Crippen molar-refractivity contribution in [2.45, 2.75) is 38.5 Å². The molecule has 0 amide bonds. The molecule has 2 aliphatic rings. The van der Waals surface area contributed by atoms with Crippen molar-refractivity contribution in [3.05, 3.63) is 98.7 Å². The minimum Gasteiger partial charge on any atom is -0.396 e. The van der Waals surface area contributed by atoms with E-state index in [0.717, 1.165) is 54.9 Å². The van der Waals surface area contributed by atoms with Crippen LogP contribution in [0.5, 0.6) is 0 Å². The molecule has 4 heterocycles. The molecule has 0 aliphatic carbocycles. The molecule has 36 heavy (non-hydrogen) atoms. The molecule has 0 saturated carbocycles. The Bertz CT molecular complexity index is 1350. The summed E-state index contributed by atoms with van der Waals surface area (Å²) in [4.78, 5) is 24.3. The van der Waals surface area contributed by atoms with E-state index in [2.05, 4.69) is 15.0 Å². The van der Waals surface area contributed by atoms with Gasteiger partial charge in [0.05, 0.1) is 17.9 Å².